The van der Waals surface area contributed by atoms with Crippen LogP contribution in [0.3, 0.4) is 0 Å². The number of rotatable bonds is 5. The quantitative estimate of drug-likeness (QED) is 0.623. The lowest BCUT2D eigenvalue weighted by molar-refractivity contribution is -0.385. The summed E-state index contributed by atoms with van der Waals surface area (Å²) in [5.41, 5.74) is 0.983. The van der Waals surface area contributed by atoms with Crippen LogP contribution in [0.4, 0.5) is 10.1 Å². The number of nitrogens with zero attached hydrogens (tertiary/aromatic N) is 1. The molecule has 0 aliphatic rings. The molecule has 0 saturated carbocycles. The molecule has 21 heavy (non-hydrogen) atoms. The predicted octanol–water partition coefficient (Wildman–Crippen LogP) is 3.63. The van der Waals surface area contributed by atoms with Crippen molar-refractivity contribution in [1.29, 1.82) is 0 Å². The molecule has 0 fully saturated rings. The number of halogens is 1. The maximum absolute atomic E-state index is 13.2. The van der Waals surface area contributed by atoms with E-state index in [1.165, 1.54) is 37.4 Å². The Hall–Kier alpha value is -2.63. The van der Waals surface area contributed by atoms with Crippen LogP contribution in [0.2, 0.25) is 0 Å². The molecule has 0 spiro atoms. The molecule has 5 nitrogen and oxygen atoms in total. The van der Waals surface area contributed by atoms with E-state index in [4.69, 9.17) is 9.47 Å². The summed E-state index contributed by atoms with van der Waals surface area (Å²) in [6, 6.07) is 8.67. The van der Waals surface area contributed by atoms with Crippen LogP contribution in [-0.2, 0) is 6.61 Å². The molecule has 2 aromatic rings. The van der Waals surface area contributed by atoms with Crippen molar-refractivity contribution < 1.29 is 18.8 Å². The van der Waals surface area contributed by atoms with Crippen LogP contribution in [0.1, 0.15) is 11.1 Å². The van der Waals surface area contributed by atoms with Gasteiger partial charge in [0.1, 0.15) is 23.9 Å². The van der Waals surface area contributed by atoms with Gasteiger partial charge in [-0.05, 0) is 36.8 Å². The zero-order valence-corrected chi connectivity index (χ0v) is 11.6. The number of hydrogen-bond acceptors (Lipinski definition) is 4. The summed E-state index contributed by atoms with van der Waals surface area (Å²) >= 11 is 0. The monoisotopic (exact) mass is 291 g/mol. The molecule has 110 valence electrons. The third kappa shape index (κ3) is 3.47. The van der Waals surface area contributed by atoms with Crippen LogP contribution in [0.5, 0.6) is 11.5 Å². The van der Waals surface area contributed by atoms with Crippen LogP contribution in [0.25, 0.3) is 0 Å². The SMILES string of the molecule is COc1ccc([N+](=O)[O-])cc1COc1ccc(F)c(C)c1. The van der Waals surface area contributed by atoms with E-state index >= 15 is 0 Å². The molecule has 0 radical (unpaired) electrons. The summed E-state index contributed by atoms with van der Waals surface area (Å²) in [5, 5.41) is 10.8. The van der Waals surface area contributed by atoms with E-state index in [1.807, 2.05) is 0 Å². The largest absolute Gasteiger partial charge is 0.496 e. The average Bonchev–Trinajstić information content (AvgIpc) is 2.48. The van der Waals surface area contributed by atoms with Crippen molar-refractivity contribution >= 4 is 5.69 Å². The first-order chi connectivity index (χ1) is 10.0. The highest BCUT2D eigenvalue weighted by Gasteiger charge is 2.12. The van der Waals surface area contributed by atoms with E-state index in [0.717, 1.165) is 0 Å². The molecule has 0 amide bonds. The topological polar surface area (TPSA) is 61.6 Å². The fraction of sp³-hybridized carbons (Fsp3) is 0.200. The molecule has 0 aliphatic carbocycles. The lowest BCUT2D eigenvalue weighted by Crippen LogP contribution is -2.00. The van der Waals surface area contributed by atoms with Crippen molar-refractivity contribution in [2.75, 3.05) is 7.11 Å². The maximum atomic E-state index is 13.2. The lowest BCUT2D eigenvalue weighted by Gasteiger charge is -2.10. The Balaban J connectivity index is 2.19. The van der Waals surface area contributed by atoms with Gasteiger partial charge in [-0.3, -0.25) is 10.1 Å². The Labute approximate surface area is 121 Å². The highest BCUT2D eigenvalue weighted by Crippen LogP contribution is 2.26. The number of hydrogen-bond donors (Lipinski definition) is 0. The van der Waals surface area contributed by atoms with Gasteiger partial charge in [-0.25, -0.2) is 4.39 Å². The van der Waals surface area contributed by atoms with Gasteiger partial charge < -0.3 is 9.47 Å². The Morgan fingerprint density at radius 1 is 1.24 bits per heavy atom. The van der Waals surface area contributed by atoms with E-state index in [2.05, 4.69) is 0 Å². The van der Waals surface area contributed by atoms with Gasteiger partial charge >= 0.3 is 0 Å². The molecule has 2 aromatic carbocycles. The zero-order chi connectivity index (χ0) is 15.4. The van der Waals surface area contributed by atoms with Gasteiger partial charge in [-0.1, -0.05) is 0 Å². The second kappa shape index (κ2) is 6.21. The smallest absolute Gasteiger partial charge is 0.270 e. The van der Waals surface area contributed by atoms with E-state index in [-0.39, 0.29) is 18.1 Å². The van der Waals surface area contributed by atoms with Crippen LogP contribution in [0.15, 0.2) is 36.4 Å². The standard InChI is InChI=1S/C15H14FNO4/c1-10-7-13(4-5-14(10)16)21-9-11-8-12(17(18)19)3-6-15(11)20-2/h3-8H,9H2,1-2H3. The highest BCUT2D eigenvalue weighted by atomic mass is 19.1. The fourth-order valence-electron chi connectivity index (χ4n) is 1.86. The van der Waals surface area contributed by atoms with Crippen LogP contribution in [-0.4, -0.2) is 12.0 Å². The van der Waals surface area contributed by atoms with Crippen LogP contribution in [0, 0.1) is 22.9 Å². The first-order valence-electron chi connectivity index (χ1n) is 6.21. The molecular weight excluding hydrogens is 277 g/mol. The minimum absolute atomic E-state index is 0.0373. The number of nitro groups is 1. The first-order valence-corrected chi connectivity index (χ1v) is 6.21. The molecule has 0 atom stereocenters. The Morgan fingerprint density at radius 2 is 2.00 bits per heavy atom. The minimum Gasteiger partial charge on any atom is -0.496 e. The van der Waals surface area contributed by atoms with Crippen molar-refractivity contribution in [3.8, 4) is 11.5 Å². The number of nitro benzene ring substituents is 1. The second-order valence-corrected chi connectivity index (χ2v) is 4.45. The van der Waals surface area contributed by atoms with E-state index in [9.17, 15) is 14.5 Å². The van der Waals surface area contributed by atoms with Gasteiger partial charge in [-0.2, -0.15) is 0 Å². The summed E-state index contributed by atoms with van der Waals surface area (Å²) in [6.07, 6.45) is 0. The molecule has 2 rings (SSSR count). The molecular formula is C15H14FNO4. The minimum atomic E-state index is -0.481. The summed E-state index contributed by atoms with van der Waals surface area (Å²) in [5.74, 6) is 0.678. The van der Waals surface area contributed by atoms with Crippen LogP contribution >= 0.6 is 0 Å². The Morgan fingerprint density at radius 3 is 2.62 bits per heavy atom. The third-order valence-electron chi connectivity index (χ3n) is 3.00. The Kier molecular flexibility index (Phi) is 4.37. The Bertz CT molecular complexity index is 673. The first kappa shape index (κ1) is 14.8. The third-order valence-corrected chi connectivity index (χ3v) is 3.00. The summed E-state index contributed by atoms with van der Waals surface area (Å²) < 4.78 is 23.9. The molecule has 6 heteroatoms. The molecule has 0 bridgehead atoms. The predicted molar refractivity (Wildman–Crippen MR) is 75.1 cm³/mol. The molecule has 0 saturated heterocycles. The number of ether oxygens (including phenoxy) is 2. The second-order valence-electron chi connectivity index (χ2n) is 4.45. The van der Waals surface area contributed by atoms with Crippen molar-refractivity contribution in [2.24, 2.45) is 0 Å². The normalized spacial score (nSPS) is 10.2. The number of benzene rings is 2. The molecule has 0 unspecified atom stereocenters. The fourth-order valence-corrected chi connectivity index (χ4v) is 1.86. The average molecular weight is 291 g/mol. The van der Waals surface area contributed by atoms with E-state index in [1.54, 1.807) is 13.0 Å². The van der Waals surface area contributed by atoms with Crippen LogP contribution < -0.4 is 9.47 Å². The van der Waals surface area contributed by atoms with Gasteiger partial charge in [0.25, 0.3) is 5.69 Å². The highest BCUT2D eigenvalue weighted by molar-refractivity contribution is 5.43. The van der Waals surface area contributed by atoms with E-state index in [0.29, 0.717) is 22.6 Å². The van der Waals surface area contributed by atoms with Gasteiger partial charge in [0, 0.05) is 17.7 Å². The van der Waals surface area contributed by atoms with Crippen molar-refractivity contribution in [1.82, 2.24) is 0 Å². The number of methoxy groups -OCH3 is 1. The molecule has 0 heterocycles. The van der Waals surface area contributed by atoms with Gasteiger partial charge in [0.2, 0.25) is 0 Å². The van der Waals surface area contributed by atoms with Gasteiger partial charge in [0.05, 0.1) is 12.0 Å². The van der Waals surface area contributed by atoms with Crippen molar-refractivity contribution in [3.05, 3.63) is 63.5 Å². The number of non-ortho nitro benzene ring substituents is 1. The molecule has 0 aromatic heterocycles. The summed E-state index contributed by atoms with van der Waals surface area (Å²) in [4.78, 5) is 10.3. The molecule has 0 aliphatic heterocycles. The zero-order valence-electron chi connectivity index (χ0n) is 11.6. The van der Waals surface area contributed by atoms with Crippen molar-refractivity contribution in [2.45, 2.75) is 13.5 Å². The summed E-state index contributed by atoms with van der Waals surface area (Å²) in [7, 11) is 1.48. The van der Waals surface area contributed by atoms with E-state index < -0.39 is 4.92 Å². The lowest BCUT2D eigenvalue weighted by atomic mass is 10.2. The summed E-state index contributed by atoms with van der Waals surface area (Å²) in [6.45, 7) is 1.73. The van der Waals surface area contributed by atoms with Gasteiger partial charge in [0.15, 0.2) is 0 Å². The molecule has 0 N–H and O–H groups in total. The number of aryl methyl sites for hydroxylation is 1. The van der Waals surface area contributed by atoms with Crippen molar-refractivity contribution in [3.63, 3.8) is 0 Å². The van der Waals surface area contributed by atoms with Gasteiger partial charge in [-0.15, -0.1) is 0 Å². The maximum Gasteiger partial charge on any atom is 0.270 e.